The van der Waals surface area contributed by atoms with Crippen LogP contribution in [0.3, 0.4) is 0 Å². The number of hydrogen-bond donors (Lipinski definition) is 1. The Hall–Kier alpha value is -2.04. The van der Waals surface area contributed by atoms with Crippen molar-refractivity contribution in [3.63, 3.8) is 0 Å². The average molecular weight is 265 g/mol. The minimum atomic E-state index is -0.526. The number of carbonyl (C=O) groups excluding carboxylic acids is 2. The van der Waals surface area contributed by atoms with Gasteiger partial charge in [-0.05, 0) is 44.0 Å². The SMILES string of the molecule is CCOC(=O)CC(=O)Nc1cc(C)c(OC)c(C)c1. The van der Waals surface area contributed by atoms with Gasteiger partial charge in [-0.25, -0.2) is 0 Å². The van der Waals surface area contributed by atoms with E-state index < -0.39 is 5.97 Å². The molecule has 19 heavy (non-hydrogen) atoms. The molecule has 1 aromatic carbocycles. The number of benzene rings is 1. The summed E-state index contributed by atoms with van der Waals surface area (Å²) in [6.45, 7) is 5.76. The average Bonchev–Trinajstić information content (AvgIpc) is 2.28. The Morgan fingerprint density at radius 1 is 1.21 bits per heavy atom. The quantitative estimate of drug-likeness (QED) is 0.655. The third-order valence-electron chi connectivity index (χ3n) is 2.56. The predicted molar refractivity (Wildman–Crippen MR) is 72.3 cm³/mol. The lowest BCUT2D eigenvalue weighted by Gasteiger charge is -2.12. The van der Waals surface area contributed by atoms with E-state index in [-0.39, 0.29) is 18.9 Å². The van der Waals surface area contributed by atoms with Gasteiger partial charge in [0.15, 0.2) is 0 Å². The lowest BCUT2D eigenvalue weighted by Crippen LogP contribution is -2.18. The van der Waals surface area contributed by atoms with Crippen molar-refractivity contribution in [3.8, 4) is 5.75 Å². The maximum absolute atomic E-state index is 11.6. The Labute approximate surface area is 112 Å². The molecule has 5 nitrogen and oxygen atoms in total. The Kier molecular flexibility index (Phi) is 5.36. The van der Waals surface area contributed by atoms with Crippen LogP contribution < -0.4 is 10.1 Å². The molecule has 0 unspecified atom stereocenters. The monoisotopic (exact) mass is 265 g/mol. The van der Waals surface area contributed by atoms with Gasteiger partial charge in [0.05, 0.1) is 13.7 Å². The number of methoxy groups -OCH3 is 1. The van der Waals surface area contributed by atoms with Crippen molar-refractivity contribution in [2.75, 3.05) is 19.0 Å². The zero-order valence-corrected chi connectivity index (χ0v) is 11.7. The summed E-state index contributed by atoms with van der Waals surface area (Å²) in [5.74, 6) is -0.118. The molecule has 1 N–H and O–H groups in total. The fourth-order valence-electron chi connectivity index (χ4n) is 1.89. The molecule has 1 aromatic rings. The van der Waals surface area contributed by atoms with Crippen molar-refractivity contribution in [2.24, 2.45) is 0 Å². The van der Waals surface area contributed by atoms with E-state index in [2.05, 4.69) is 5.32 Å². The molecule has 0 saturated heterocycles. The van der Waals surface area contributed by atoms with Crippen LogP contribution in [-0.4, -0.2) is 25.6 Å². The van der Waals surface area contributed by atoms with Gasteiger partial charge in [0.1, 0.15) is 12.2 Å². The first-order chi connectivity index (χ1) is 8.97. The molecule has 0 aromatic heterocycles. The van der Waals surface area contributed by atoms with E-state index in [9.17, 15) is 9.59 Å². The molecule has 104 valence electrons. The molecule has 5 heteroatoms. The van der Waals surface area contributed by atoms with Gasteiger partial charge in [0.2, 0.25) is 5.91 Å². The molecule has 0 radical (unpaired) electrons. The summed E-state index contributed by atoms with van der Waals surface area (Å²) in [5, 5.41) is 2.67. The van der Waals surface area contributed by atoms with Crippen LogP contribution in [-0.2, 0) is 14.3 Å². The van der Waals surface area contributed by atoms with Crippen LogP contribution in [0.1, 0.15) is 24.5 Å². The summed E-state index contributed by atoms with van der Waals surface area (Å²) >= 11 is 0. The van der Waals surface area contributed by atoms with Gasteiger partial charge < -0.3 is 14.8 Å². The van der Waals surface area contributed by atoms with Crippen LogP contribution in [0, 0.1) is 13.8 Å². The number of nitrogens with one attached hydrogen (secondary N) is 1. The summed E-state index contributed by atoms with van der Waals surface area (Å²) in [6.07, 6.45) is -0.280. The van der Waals surface area contributed by atoms with Gasteiger partial charge in [0, 0.05) is 5.69 Å². The van der Waals surface area contributed by atoms with Crippen molar-refractivity contribution in [3.05, 3.63) is 23.3 Å². The summed E-state index contributed by atoms with van der Waals surface area (Å²) in [6, 6.07) is 3.60. The third-order valence-corrected chi connectivity index (χ3v) is 2.56. The van der Waals surface area contributed by atoms with E-state index in [1.54, 1.807) is 26.2 Å². The molecule has 1 amide bonds. The molecule has 0 aliphatic rings. The van der Waals surface area contributed by atoms with Crippen LogP contribution in [0.4, 0.5) is 5.69 Å². The first-order valence-electron chi connectivity index (χ1n) is 6.08. The molecule has 0 spiro atoms. The van der Waals surface area contributed by atoms with Crippen LogP contribution in [0.2, 0.25) is 0 Å². The minimum absolute atomic E-state index is 0.271. The molecule has 0 fully saturated rings. The normalized spacial score (nSPS) is 9.89. The van der Waals surface area contributed by atoms with Gasteiger partial charge in [-0.1, -0.05) is 0 Å². The zero-order chi connectivity index (χ0) is 14.4. The maximum atomic E-state index is 11.6. The largest absolute Gasteiger partial charge is 0.496 e. The lowest BCUT2D eigenvalue weighted by atomic mass is 10.1. The summed E-state index contributed by atoms with van der Waals surface area (Å²) in [7, 11) is 1.61. The van der Waals surface area contributed by atoms with E-state index in [1.165, 1.54) is 0 Å². The fourth-order valence-corrected chi connectivity index (χ4v) is 1.89. The number of aryl methyl sites for hydroxylation is 2. The molecule has 0 saturated carbocycles. The Balaban J connectivity index is 2.72. The Morgan fingerprint density at radius 3 is 2.26 bits per heavy atom. The summed E-state index contributed by atoms with van der Waals surface area (Å²) in [5.41, 5.74) is 2.49. The fraction of sp³-hybridized carbons (Fsp3) is 0.429. The van der Waals surface area contributed by atoms with Crippen LogP contribution in [0.15, 0.2) is 12.1 Å². The van der Waals surface area contributed by atoms with Crippen molar-refractivity contribution in [2.45, 2.75) is 27.2 Å². The first kappa shape index (κ1) is 15.0. The third kappa shape index (κ3) is 4.28. The highest BCUT2D eigenvalue weighted by Crippen LogP contribution is 2.26. The second-order valence-electron chi connectivity index (χ2n) is 4.17. The maximum Gasteiger partial charge on any atom is 0.315 e. The Morgan fingerprint density at radius 2 is 1.79 bits per heavy atom. The van der Waals surface area contributed by atoms with E-state index >= 15 is 0 Å². The minimum Gasteiger partial charge on any atom is -0.496 e. The van der Waals surface area contributed by atoms with Crippen LogP contribution in [0.25, 0.3) is 0 Å². The lowest BCUT2D eigenvalue weighted by molar-refractivity contribution is -0.145. The number of esters is 1. The van der Waals surface area contributed by atoms with Crippen LogP contribution in [0.5, 0.6) is 5.75 Å². The first-order valence-corrected chi connectivity index (χ1v) is 6.08. The van der Waals surface area contributed by atoms with Gasteiger partial charge in [0.25, 0.3) is 0 Å². The van der Waals surface area contributed by atoms with E-state index in [4.69, 9.17) is 9.47 Å². The molecule has 0 aliphatic heterocycles. The van der Waals surface area contributed by atoms with E-state index in [0.717, 1.165) is 16.9 Å². The highest BCUT2D eigenvalue weighted by molar-refractivity contribution is 6.02. The van der Waals surface area contributed by atoms with E-state index in [1.807, 2.05) is 13.8 Å². The standard InChI is InChI=1S/C14H19NO4/c1-5-19-13(17)8-12(16)15-11-6-9(2)14(18-4)10(3)7-11/h6-7H,5,8H2,1-4H3,(H,15,16). The van der Waals surface area contributed by atoms with E-state index in [0.29, 0.717) is 5.69 Å². The smallest absolute Gasteiger partial charge is 0.315 e. The van der Waals surface area contributed by atoms with Gasteiger partial charge in [-0.3, -0.25) is 9.59 Å². The van der Waals surface area contributed by atoms with Crippen molar-refractivity contribution < 1.29 is 19.1 Å². The highest BCUT2D eigenvalue weighted by atomic mass is 16.5. The molecule has 1 rings (SSSR count). The van der Waals surface area contributed by atoms with Crippen molar-refractivity contribution in [1.82, 2.24) is 0 Å². The van der Waals surface area contributed by atoms with Gasteiger partial charge in [-0.2, -0.15) is 0 Å². The Bertz CT molecular complexity index is 459. The number of anilines is 1. The van der Waals surface area contributed by atoms with Crippen molar-refractivity contribution >= 4 is 17.6 Å². The second-order valence-corrected chi connectivity index (χ2v) is 4.17. The second kappa shape index (κ2) is 6.78. The molecule has 0 heterocycles. The number of carbonyl (C=O) groups is 2. The topological polar surface area (TPSA) is 64.6 Å². The zero-order valence-electron chi connectivity index (χ0n) is 11.7. The van der Waals surface area contributed by atoms with Gasteiger partial charge in [-0.15, -0.1) is 0 Å². The predicted octanol–water partition coefficient (Wildman–Crippen LogP) is 2.20. The van der Waals surface area contributed by atoms with Crippen LogP contribution >= 0.6 is 0 Å². The number of rotatable bonds is 5. The highest BCUT2D eigenvalue weighted by Gasteiger charge is 2.12. The summed E-state index contributed by atoms with van der Waals surface area (Å²) < 4.78 is 9.96. The molecular weight excluding hydrogens is 246 g/mol. The summed E-state index contributed by atoms with van der Waals surface area (Å²) in [4.78, 5) is 22.8. The number of amides is 1. The molecule has 0 aliphatic carbocycles. The number of ether oxygens (including phenoxy) is 2. The molecule has 0 bridgehead atoms. The molecular formula is C14H19NO4. The van der Waals surface area contributed by atoms with Gasteiger partial charge >= 0.3 is 5.97 Å². The van der Waals surface area contributed by atoms with Crippen molar-refractivity contribution in [1.29, 1.82) is 0 Å². The number of hydrogen-bond acceptors (Lipinski definition) is 4. The molecule has 0 atom stereocenters.